The van der Waals surface area contributed by atoms with Crippen LogP contribution in [0, 0.1) is 0 Å². The summed E-state index contributed by atoms with van der Waals surface area (Å²) in [4.78, 5) is 15.2. The summed E-state index contributed by atoms with van der Waals surface area (Å²) < 4.78 is 5.77. The number of fused-ring (bicyclic) bond motifs is 3. The van der Waals surface area contributed by atoms with Gasteiger partial charge in [-0.3, -0.25) is 0 Å². The fourth-order valence-corrected chi connectivity index (χ4v) is 5.23. The first-order valence-electron chi connectivity index (χ1n) is 12.5. The Morgan fingerprint density at radius 3 is 1.89 bits per heavy atom. The zero-order valence-corrected chi connectivity index (χ0v) is 20.5. The first kappa shape index (κ1) is 22.1. The Morgan fingerprint density at radius 2 is 1.25 bits per heavy atom. The van der Waals surface area contributed by atoms with Crippen LogP contribution < -0.4 is 10.5 Å². The summed E-state index contributed by atoms with van der Waals surface area (Å²) in [5.74, 6) is 0. The first-order valence-corrected chi connectivity index (χ1v) is 12.5. The van der Waals surface area contributed by atoms with E-state index >= 15 is 0 Å². The summed E-state index contributed by atoms with van der Waals surface area (Å²) in [5, 5.41) is 5.80. The number of hydrogen-bond acceptors (Lipinski definition) is 3. The van der Waals surface area contributed by atoms with E-state index < -0.39 is 0 Å². The molecule has 0 aliphatic carbocycles. The summed E-state index contributed by atoms with van der Waals surface area (Å²) in [5.41, 5.74) is 5.13. The van der Waals surface area contributed by atoms with Gasteiger partial charge in [0.05, 0.1) is 5.56 Å². The highest BCUT2D eigenvalue weighted by molar-refractivity contribution is 6.12. The maximum absolute atomic E-state index is 13.0. The Morgan fingerprint density at radius 1 is 0.639 bits per heavy atom. The van der Waals surface area contributed by atoms with Crippen LogP contribution in [0.3, 0.4) is 0 Å². The summed E-state index contributed by atoms with van der Waals surface area (Å²) in [7, 11) is 0. The van der Waals surface area contributed by atoms with Gasteiger partial charge in [-0.1, -0.05) is 72.8 Å². The molecular formula is C33H27NO2. The Balaban J connectivity index is 1.45. The van der Waals surface area contributed by atoms with Crippen molar-refractivity contribution in [1.82, 2.24) is 0 Å². The lowest BCUT2D eigenvalue weighted by Gasteiger charge is -2.21. The second kappa shape index (κ2) is 9.01. The van der Waals surface area contributed by atoms with Gasteiger partial charge in [-0.05, 0) is 76.3 Å². The van der Waals surface area contributed by atoms with Gasteiger partial charge in [0.2, 0.25) is 0 Å². The molecule has 0 spiro atoms. The van der Waals surface area contributed by atoms with E-state index in [0.717, 1.165) is 35.3 Å². The van der Waals surface area contributed by atoms with Crippen molar-refractivity contribution in [2.45, 2.75) is 13.8 Å². The molecule has 0 aliphatic rings. The van der Waals surface area contributed by atoms with Crippen LogP contribution >= 0.6 is 0 Å². The standard InChI is InChI=1S/C33H27NO2/c1-3-34(4-2)27-18-17-26-20-30(33(35)36-31(26)21-27)22-13-15-23(16-14-22)32-28-11-7-5-9-24(28)19-25-10-6-8-12-29(25)32/h5-21H,3-4H2,1-2H3. The minimum absolute atomic E-state index is 0.317. The van der Waals surface area contributed by atoms with Gasteiger partial charge in [-0.2, -0.15) is 0 Å². The van der Waals surface area contributed by atoms with Crippen molar-refractivity contribution < 1.29 is 4.42 Å². The van der Waals surface area contributed by atoms with E-state index in [-0.39, 0.29) is 5.63 Å². The normalized spacial score (nSPS) is 11.4. The molecule has 0 saturated heterocycles. The van der Waals surface area contributed by atoms with Crippen LogP contribution in [-0.4, -0.2) is 13.1 Å². The third-order valence-electron chi connectivity index (χ3n) is 7.10. The largest absolute Gasteiger partial charge is 0.422 e. The summed E-state index contributed by atoms with van der Waals surface area (Å²) >= 11 is 0. The van der Waals surface area contributed by atoms with Crippen molar-refractivity contribution in [3.8, 4) is 22.3 Å². The molecule has 0 bridgehead atoms. The highest BCUT2D eigenvalue weighted by atomic mass is 16.4. The summed E-state index contributed by atoms with van der Waals surface area (Å²) in [6, 6.07) is 35.5. The zero-order valence-electron chi connectivity index (χ0n) is 20.5. The van der Waals surface area contributed by atoms with E-state index in [0.29, 0.717) is 11.1 Å². The minimum Gasteiger partial charge on any atom is -0.422 e. The van der Waals surface area contributed by atoms with Crippen LogP contribution in [0.1, 0.15) is 13.8 Å². The SMILES string of the molecule is CCN(CC)c1ccc2cc(-c3ccc(-c4c5ccccc5cc5ccccc45)cc3)c(=O)oc2c1. The van der Waals surface area contributed by atoms with Crippen molar-refractivity contribution in [2.24, 2.45) is 0 Å². The number of rotatable bonds is 5. The maximum atomic E-state index is 13.0. The van der Waals surface area contributed by atoms with Crippen LogP contribution in [0.4, 0.5) is 5.69 Å². The van der Waals surface area contributed by atoms with E-state index in [2.05, 4.69) is 91.5 Å². The average Bonchev–Trinajstić information content (AvgIpc) is 2.92. The van der Waals surface area contributed by atoms with Crippen molar-refractivity contribution in [3.05, 3.63) is 114 Å². The third-order valence-corrected chi connectivity index (χ3v) is 7.10. The monoisotopic (exact) mass is 469 g/mol. The summed E-state index contributed by atoms with van der Waals surface area (Å²) in [6.45, 7) is 6.06. The fourth-order valence-electron chi connectivity index (χ4n) is 5.23. The Kier molecular flexibility index (Phi) is 5.54. The molecule has 1 aromatic heterocycles. The van der Waals surface area contributed by atoms with Crippen molar-refractivity contribution in [1.29, 1.82) is 0 Å². The van der Waals surface area contributed by atoms with E-state index in [9.17, 15) is 4.79 Å². The molecule has 6 aromatic rings. The molecule has 0 unspecified atom stereocenters. The molecule has 1 heterocycles. The highest BCUT2D eigenvalue weighted by Gasteiger charge is 2.13. The maximum Gasteiger partial charge on any atom is 0.344 e. The van der Waals surface area contributed by atoms with Crippen LogP contribution in [0.25, 0.3) is 54.8 Å². The van der Waals surface area contributed by atoms with Crippen LogP contribution in [0.5, 0.6) is 0 Å². The Hall–Kier alpha value is -4.37. The quantitative estimate of drug-likeness (QED) is 0.188. The topological polar surface area (TPSA) is 33.5 Å². The molecule has 0 aliphatic heterocycles. The molecule has 176 valence electrons. The number of anilines is 1. The lowest BCUT2D eigenvalue weighted by atomic mass is 9.91. The Labute approximate surface area is 210 Å². The Bertz CT molecular complexity index is 1720. The second-order valence-corrected chi connectivity index (χ2v) is 9.11. The molecule has 3 nitrogen and oxygen atoms in total. The molecule has 0 amide bonds. The van der Waals surface area contributed by atoms with E-state index in [4.69, 9.17) is 4.42 Å². The van der Waals surface area contributed by atoms with Crippen molar-refractivity contribution in [2.75, 3.05) is 18.0 Å². The predicted molar refractivity (Wildman–Crippen MR) is 152 cm³/mol. The van der Waals surface area contributed by atoms with Crippen LogP contribution in [-0.2, 0) is 0 Å². The van der Waals surface area contributed by atoms with Gasteiger partial charge in [-0.15, -0.1) is 0 Å². The fraction of sp³-hybridized carbons (Fsp3) is 0.121. The molecule has 0 fully saturated rings. The lowest BCUT2D eigenvalue weighted by molar-refractivity contribution is 0.563. The van der Waals surface area contributed by atoms with Gasteiger partial charge < -0.3 is 9.32 Å². The molecular weight excluding hydrogens is 442 g/mol. The van der Waals surface area contributed by atoms with Gasteiger partial charge in [0.25, 0.3) is 0 Å². The molecule has 0 atom stereocenters. The molecule has 0 N–H and O–H groups in total. The second-order valence-electron chi connectivity index (χ2n) is 9.11. The minimum atomic E-state index is -0.317. The van der Waals surface area contributed by atoms with Crippen LogP contribution in [0.2, 0.25) is 0 Å². The first-order chi connectivity index (χ1) is 17.7. The zero-order chi connectivity index (χ0) is 24.6. The van der Waals surface area contributed by atoms with Crippen molar-refractivity contribution in [3.63, 3.8) is 0 Å². The van der Waals surface area contributed by atoms with Crippen LogP contribution in [0.15, 0.2) is 112 Å². The number of benzene rings is 5. The highest BCUT2D eigenvalue weighted by Crippen LogP contribution is 2.37. The molecule has 6 rings (SSSR count). The van der Waals surface area contributed by atoms with E-state index in [1.54, 1.807) is 0 Å². The smallest absolute Gasteiger partial charge is 0.344 e. The lowest BCUT2D eigenvalue weighted by Crippen LogP contribution is -2.21. The average molecular weight is 470 g/mol. The van der Waals surface area contributed by atoms with Gasteiger partial charge in [0, 0.05) is 30.2 Å². The molecule has 5 aromatic carbocycles. The van der Waals surface area contributed by atoms with Gasteiger partial charge >= 0.3 is 5.63 Å². The third kappa shape index (κ3) is 3.74. The van der Waals surface area contributed by atoms with Gasteiger partial charge in [0.15, 0.2) is 0 Å². The molecule has 36 heavy (non-hydrogen) atoms. The van der Waals surface area contributed by atoms with E-state index in [1.165, 1.54) is 27.1 Å². The number of hydrogen-bond donors (Lipinski definition) is 0. The van der Waals surface area contributed by atoms with Gasteiger partial charge in [-0.25, -0.2) is 4.79 Å². The molecule has 0 radical (unpaired) electrons. The molecule has 0 saturated carbocycles. The van der Waals surface area contributed by atoms with E-state index in [1.807, 2.05) is 30.3 Å². The summed E-state index contributed by atoms with van der Waals surface area (Å²) in [6.07, 6.45) is 0. The van der Waals surface area contributed by atoms with Crippen molar-refractivity contribution >= 4 is 38.2 Å². The van der Waals surface area contributed by atoms with Gasteiger partial charge in [0.1, 0.15) is 5.58 Å². The number of nitrogens with zero attached hydrogens (tertiary/aromatic N) is 1. The predicted octanol–water partition coefficient (Wildman–Crippen LogP) is 8.28. The molecule has 3 heteroatoms.